The minimum atomic E-state index is -1.20. The molecule has 0 saturated heterocycles. The second-order valence-corrected chi connectivity index (χ2v) is 2.92. The molecule has 15 heavy (non-hydrogen) atoms. The van der Waals surface area contributed by atoms with E-state index in [4.69, 9.17) is 10.2 Å². The lowest BCUT2D eigenvalue weighted by Crippen LogP contribution is -2.01. The number of carbonyl (C=O) groups is 2. The lowest BCUT2D eigenvalue weighted by molar-refractivity contribution is 0.0695. The maximum atomic E-state index is 10.8. The second-order valence-electron chi connectivity index (χ2n) is 2.92. The second kappa shape index (κ2) is 3.09. The minimum absolute atomic E-state index is 0.0650. The summed E-state index contributed by atoms with van der Waals surface area (Å²) in [6.07, 6.45) is 3.76. The number of nitrogens with zero attached hydrogens (tertiary/aromatic N) is 1. The molecule has 0 aliphatic carbocycles. The van der Waals surface area contributed by atoms with Crippen molar-refractivity contribution in [3.8, 4) is 0 Å². The fourth-order valence-corrected chi connectivity index (χ4v) is 1.41. The van der Waals surface area contributed by atoms with Crippen LogP contribution in [0.3, 0.4) is 0 Å². The van der Waals surface area contributed by atoms with E-state index >= 15 is 0 Å². The highest BCUT2D eigenvalue weighted by molar-refractivity contribution is 6.11. The Bertz CT molecular complexity index is 558. The van der Waals surface area contributed by atoms with Gasteiger partial charge in [-0.15, -0.1) is 0 Å². The number of carboxylic acids is 2. The number of pyridine rings is 1. The van der Waals surface area contributed by atoms with Crippen molar-refractivity contribution in [2.24, 2.45) is 0 Å². The van der Waals surface area contributed by atoms with E-state index in [-0.39, 0.29) is 16.5 Å². The van der Waals surface area contributed by atoms with Crippen LogP contribution in [0.4, 0.5) is 0 Å². The van der Waals surface area contributed by atoms with E-state index in [1.54, 1.807) is 0 Å². The molecule has 0 saturated carbocycles. The van der Waals surface area contributed by atoms with Gasteiger partial charge in [-0.05, 0) is 0 Å². The Morgan fingerprint density at radius 1 is 1.13 bits per heavy atom. The topological polar surface area (TPSA) is 103 Å². The zero-order chi connectivity index (χ0) is 11.0. The van der Waals surface area contributed by atoms with Crippen molar-refractivity contribution in [3.05, 3.63) is 29.7 Å². The number of rotatable bonds is 2. The molecule has 6 heteroatoms. The molecule has 0 aliphatic rings. The van der Waals surface area contributed by atoms with Crippen molar-refractivity contribution in [1.82, 2.24) is 9.97 Å². The fraction of sp³-hybridized carbons (Fsp3) is 0. The molecule has 2 heterocycles. The number of fused-ring (bicyclic) bond motifs is 1. The number of aromatic nitrogens is 2. The van der Waals surface area contributed by atoms with Crippen molar-refractivity contribution >= 4 is 22.8 Å². The van der Waals surface area contributed by atoms with Crippen LogP contribution in [0.5, 0.6) is 0 Å². The van der Waals surface area contributed by atoms with Crippen molar-refractivity contribution in [2.75, 3.05) is 0 Å². The number of hydrogen-bond donors (Lipinski definition) is 3. The molecule has 0 bridgehead atoms. The van der Waals surface area contributed by atoms with Gasteiger partial charge < -0.3 is 15.2 Å². The first-order valence-electron chi connectivity index (χ1n) is 4.03. The Labute approximate surface area is 83.2 Å². The molecule has 0 amide bonds. The van der Waals surface area contributed by atoms with Crippen LogP contribution in [0.1, 0.15) is 20.7 Å². The van der Waals surface area contributed by atoms with Gasteiger partial charge in [-0.1, -0.05) is 0 Å². The fourth-order valence-electron chi connectivity index (χ4n) is 1.41. The van der Waals surface area contributed by atoms with Gasteiger partial charge in [0.1, 0.15) is 0 Å². The highest BCUT2D eigenvalue weighted by Gasteiger charge is 2.17. The molecule has 0 aromatic carbocycles. The number of hydrogen-bond acceptors (Lipinski definition) is 3. The average Bonchev–Trinajstić information content (AvgIpc) is 2.60. The highest BCUT2D eigenvalue weighted by Crippen LogP contribution is 2.21. The highest BCUT2D eigenvalue weighted by atomic mass is 16.4. The normalized spacial score (nSPS) is 10.4. The maximum absolute atomic E-state index is 10.8. The Balaban J connectivity index is 2.86. The Morgan fingerprint density at radius 3 is 2.40 bits per heavy atom. The lowest BCUT2D eigenvalue weighted by Gasteiger charge is -1.97. The van der Waals surface area contributed by atoms with Crippen molar-refractivity contribution in [1.29, 1.82) is 0 Å². The monoisotopic (exact) mass is 206 g/mol. The van der Waals surface area contributed by atoms with E-state index in [0.29, 0.717) is 5.52 Å². The molecule has 6 nitrogen and oxygen atoms in total. The van der Waals surface area contributed by atoms with Crippen molar-refractivity contribution in [3.63, 3.8) is 0 Å². The standard InChI is InChI=1S/C9H6N2O4/c12-8(13)4-1-10-3-6-7(4)5(2-11-6)9(14)15/h1-3,11H,(H,12,13)(H,14,15). The number of H-pyrrole nitrogens is 1. The predicted octanol–water partition coefficient (Wildman–Crippen LogP) is 0.959. The van der Waals surface area contributed by atoms with E-state index in [1.165, 1.54) is 12.4 Å². The number of carboxylic acid groups (broad SMARTS) is 2. The minimum Gasteiger partial charge on any atom is -0.478 e. The average molecular weight is 206 g/mol. The summed E-state index contributed by atoms with van der Waals surface area (Å²) >= 11 is 0. The predicted molar refractivity (Wildman–Crippen MR) is 50.0 cm³/mol. The SMILES string of the molecule is O=C(O)c1cncc2[nH]cc(C(=O)O)c12. The third-order valence-corrected chi connectivity index (χ3v) is 2.05. The van der Waals surface area contributed by atoms with Gasteiger partial charge in [-0.3, -0.25) is 4.98 Å². The zero-order valence-electron chi connectivity index (χ0n) is 7.39. The summed E-state index contributed by atoms with van der Waals surface area (Å²) in [5.41, 5.74) is 0.211. The third-order valence-electron chi connectivity index (χ3n) is 2.05. The first-order valence-corrected chi connectivity index (χ1v) is 4.03. The van der Waals surface area contributed by atoms with Crippen molar-refractivity contribution < 1.29 is 19.8 Å². The molecule has 0 spiro atoms. The smallest absolute Gasteiger partial charge is 0.337 e. The Morgan fingerprint density at radius 2 is 1.80 bits per heavy atom. The summed E-state index contributed by atoms with van der Waals surface area (Å²) in [4.78, 5) is 28.0. The van der Waals surface area contributed by atoms with Gasteiger partial charge in [-0.2, -0.15) is 0 Å². The van der Waals surface area contributed by atoms with Crippen LogP contribution < -0.4 is 0 Å². The molecule has 2 rings (SSSR count). The Kier molecular flexibility index (Phi) is 1.89. The molecule has 0 atom stereocenters. The summed E-state index contributed by atoms with van der Waals surface area (Å²) in [7, 11) is 0. The third kappa shape index (κ3) is 1.32. The van der Waals surface area contributed by atoms with Gasteiger partial charge in [-0.25, -0.2) is 9.59 Å². The first-order chi connectivity index (χ1) is 7.11. The molecule has 3 N–H and O–H groups in total. The summed E-state index contributed by atoms with van der Waals surface area (Å²) in [5.74, 6) is -2.37. The first kappa shape index (κ1) is 9.20. The quantitative estimate of drug-likeness (QED) is 0.678. The molecular weight excluding hydrogens is 200 g/mol. The molecule has 0 fully saturated rings. The maximum Gasteiger partial charge on any atom is 0.337 e. The van der Waals surface area contributed by atoms with E-state index in [9.17, 15) is 9.59 Å². The summed E-state index contributed by atoms with van der Waals surface area (Å²) in [5, 5.41) is 17.9. The van der Waals surface area contributed by atoms with Crippen LogP contribution >= 0.6 is 0 Å². The van der Waals surface area contributed by atoms with Crippen molar-refractivity contribution in [2.45, 2.75) is 0 Å². The van der Waals surface area contributed by atoms with Gasteiger partial charge in [0.2, 0.25) is 0 Å². The van der Waals surface area contributed by atoms with Crippen LogP contribution in [-0.4, -0.2) is 32.1 Å². The zero-order valence-corrected chi connectivity index (χ0v) is 7.39. The van der Waals surface area contributed by atoms with E-state index < -0.39 is 11.9 Å². The van der Waals surface area contributed by atoms with Crippen LogP contribution in [0.15, 0.2) is 18.6 Å². The van der Waals surface area contributed by atoms with Gasteiger partial charge in [0, 0.05) is 17.8 Å². The van der Waals surface area contributed by atoms with E-state index in [0.717, 1.165) is 6.20 Å². The molecular formula is C9H6N2O4. The summed E-state index contributed by atoms with van der Waals surface area (Å²) < 4.78 is 0. The Hall–Kier alpha value is -2.37. The number of nitrogens with one attached hydrogen (secondary N) is 1. The number of aromatic carboxylic acids is 2. The molecule has 76 valence electrons. The van der Waals surface area contributed by atoms with Gasteiger partial charge in [0.25, 0.3) is 0 Å². The van der Waals surface area contributed by atoms with E-state index in [2.05, 4.69) is 9.97 Å². The van der Waals surface area contributed by atoms with Gasteiger partial charge >= 0.3 is 11.9 Å². The van der Waals surface area contributed by atoms with Crippen LogP contribution in [-0.2, 0) is 0 Å². The molecule has 2 aromatic rings. The lowest BCUT2D eigenvalue weighted by atomic mass is 10.1. The molecule has 0 aliphatic heterocycles. The van der Waals surface area contributed by atoms with Gasteiger partial charge in [0.05, 0.1) is 22.8 Å². The van der Waals surface area contributed by atoms with Crippen LogP contribution in [0, 0.1) is 0 Å². The van der Waals surface area contributed by atoms with Gasteiger partial charge in [0.15, 0.2) is 0 Å². The molecule has 0 unspecified atom stereocenters. The van der Waals surface area contributed by atoms with E-state index in [1.807, 2.05) is 0 Å². The largest absolute Gasteiger partial charge is 0.478 e. The van der Waals surface area contributed by atoms with Crippen LogP contribution in [0.25, 0.3) is 10.9 Å². The molecule has 0 radical (unpaired) electrons. The summed E-state index contributed by atoms with van der Waals surface area (Å²) in [6, 6.07) is 0. The van der Waals surface area contributed by atoms with Crippen LogP contribution in [0.2, 0.25) is 0 Å². The number of aromatic amines is 1. The summed E-state index contributed by atoms with van der Waals surface area (Å²) in [6.45, 7) is 0. The molecule has 2 aromatic heterocycles.